The van der Waals surface area contributed by atoms with Gasteiger partial charge in [0.1, 0.15) is 34.2 Å². The van der Waals surface area contributed by atoms with E-state index < -0.39 is 23.7 Å². The van der Waals surface area contributed by atoms with Gasteiger partial charge in [-0.1, -0.05) is 19.9 Å². The highest BCUT2D eigenvalue weighted by Crippen LogP contribution is 2.32. The highest BCUT2D eigenvalue weighted by molar-refractivity contribution is 8.14. The first-order chi connectivity index (χ1) is 15.2. The number of amides is 1. The van der Waals surface area contributed by atoms with Crippen molar-refractivity contribution in [3.63, 3.8) is 0 Å². The number of aryl methyl sites for hydroxylation is 1. The fraction of sp³-hybridized carbons (Fsp3) is 0.591. The van der Waals surface area contributed by atoms with E-state index in [4.69, 9.17) is 4.74 Å². The Kier molecular flexibility index (Phi) is 8.57. The van der Waals surface area contributed by atoms with Gasteiger partial charge in [0.2, 0.25) is 5.91 Å². The molecule has 0 saturated carbocycles. The molecule has 1 amide bonds. The number of hydrogen-bond acceptors (Lipinski definition) is 9. The summed E-state index contributed by atoms with van der Waals surface area (Å²) in [6.45, 7) is 5.46. The van der Waals surface area contributed by atoms with Gasteiger partial charge < -0.3 is 10.1 Å². The largest absolute Gasteiger partial charge is 0.456 e. The van der Waals surface area contributed by atoms with E-state index in [1.807, 2.05) is 25.3 Å². The topological polar surface area (TPSA) is 97.7 Å². The van der Waals surface area contributed by atoms with E-state index in [1.54, 1.807) is 13.0 Å². The van der Waals surface area contributed by atoms with Crippen LogP contribution in [0.15, 0.2) is 22.5 Å². The summed E-state index contributed by atoms with van der Waals surface area (Å²) >= 11 is 7.15. The number of ether oxygens (including phenoxy) is 1. The van der Waals surface area contributed by atoms with Crippen LogP contribution in [0.25, 0.3) is 0 Å². The maximum Gasteiger partial charge on any atom is 0.329 e. The zero-order valence-electron chi connectivity index (χ0n) is 18.5. The number of thioether (sulfide) groups is 1. The molecule has 0 aliphatic carbocycles. The molecule has 2 aliphatic rings. The number of hydrogen-bond donors (Lipinski definition) is 2. The summed E-state index contributed by atoms with van der Waals surface area (Å²) in [6, 6.07) is -0.835. The predicted molar refractivity (Wildman–Crippen MR) is 132 cm³/mol. The fourth-order valence-corrected chi connectivity index (χ4v) is 5.47. The molecule has 2 aliphatic heterocycles. The Bertz CT molecular complexity index is 927. The van der Waals surface area contributed by atoms with E-state index in [0.717, 1.165) is 10.7 Å². The molecule has 1 aromatic rings. The van der Waals surface area contributed by atoms with E-state index in [9.17, 15) is 14.4 Å². The molecule has 3 rings (SSSR count). The van der Waals surface area contributed by atoms with Crippen molar-refractivity contribution >= 4 is 58.4 Å². The first kappa shape index (κ1) is 25.0. The van der Waals surface area contributed by atoms with Crippen LogP contribution in [0.5, 0.6) is 0 Å². The summed E-state index contributed by atoms with van der Waals surface area (Å²) in [5, 5.41) is 6.32. The van der Waals surface area contributed by atoms with E-state index in [1.165, 1.54) is 23.1 Å². The Morgan fingerprint density at radius 1 is 1.34 bits per heavy atom. The van der Waals surface area contributed by atoms with E-state index in [-0.39, 0.29) is 24.0 Å². The number of nitrogens with zero attached hydrogens (tertiary/aromatic N) is 2. The van der Waals surface area contributed by atoms with Gasteiger partial charge in [-0.2, -0.15) is 12.6 Å². The molecule has 0 radical (unpaired) electrons. The molecule has 3 heterocycles. The number of Topliss-reactive ketones (excluding diaryl/α,β-unsaturated/α-hetero) is 1. The second-order valence-corrected chi connectivity index (χ2v) is 10.8. The first-order valence-electron chi connectivity index (χ1n) is 10.7. The predicted octanol–water partition coefficient (Wildman–Crippen LogP) is 3.23. The second-order valence-electron chi connectivity index (χ2n) is 8.46. The number of cyclic esters (lactones) is 1. The average molecular weight is 496 g/mol. The lowest BCUT2D eigenvalue weighted by atomic mass is 10.00. The minimum absolute atomic E-state index is 0.00698. The monoisotopic (exact) mass is 495 g/mol. The Hall–Kier alpha value is -1.65. The number of fused-ring (bicyclic) bond motifs is 4. The number of nitrogens with one attached hydrogen (secondary N) is 1. The highest BCUT2D eigenvalue weighted by atomic mass is 32.2. The third kappa shape index (κ3) is 6.23. The normalized spacial score (nSPS) is 27.5. The zero-order valence-corrected chi connectivity index (χ0v) is 21.0. The molecule has 10 heteroatoms. The number of rotatable bonds is 4. The van der Waals surface area contributed by atoms with Gasteiger partial charge in [0, 0.05) is 30.4 Å². The number of esters is 1. The van der Waals surface area contributed by atoms with Crippen molar-refractivity contribution in [1.82, 2.24) is 10.3 Å². The van der Waals surface area contributed by atoms with E-state index >= 15 is 0 Å². The molecule has 0 fully saturated rings. The molecule has 0 aromatic carbocycles. The number of allylic oxidation sites excluding steroid dienone is 1. The molecular weight excluding hydrogens is 466 g/mol. The Balaban J connectivity index is 1.92. The Morgan fingerprint density at radius 3 is 2.84 bits per heavy atom. The van der Waals surface area contributed by atoms with Crippen LogP contribution in [0.3, 0.4) is 0 Å². The smallest absolute Gasteiger partial charge is 0.329 e. The molecular formula is C22H29N3O4S3. The van der Waals surface area contributed by atoms with Gasteiger partial charge in [-0.3, -0.25) is 14.6 Å². The van der Waals surface area contributed by atoms with Crippen LogP contribution in [-0.2, 0) is 25.5 Å². The van der Waals surface area contributed by atoms with E-state index in [0.29, 0.717) is 35.8 Å². The SMILES string of the molecule is CC(C)C1NC(=O)[C@]2(C)CSC(=N2)c2csc(n2)CCC(=O)CC(/C=C/CCS)OC1=O. The van der Waals surface area contributed by atoms with Crippen LogP contribution in [0.2, 0.25) is 0 Å². The summed E-state index contributed by atoms with van der Waals surface area (Å²) in [4.78, 5) is 48.0. The van der Waals surface area contributed by atoms with Gasteiger partial charge in [0.15, 0.2) is 0 Å². The lowest BCUT2D eigenvalue weighted by Gasteiger charge is -2.27. The summed E-state index contributed by atoms with van der Waals surface area (Å²) in [5.74, 6) is 0.0552. The van der Waals surface area contributed by atoms with Crippen molar-refractivity contribution in [1.29, 1.82) is 0 Å². The molecule has 32 heavy (non-hydrogen) atoms. The molecule has 4 bridgehead atoms. The third-order valence-corrected chi connectivity index (χ3v) is 7.71. The number of aliphatic imine (C=N–C) groups is 1. The number of aromatic nitrogens is 1. The summed E-state index contributed by atoms with van der Waals surface area (Å²) in [7, 11) is 0. The quantitative estimate of drug-likeness (QED) is 0.378. The van der Waals surface area contributed by atoms with Crippen LogP contribution in [0.1, 0.15) is 50.7 Å². The number of thiol groups is 1. The number of ketones is 1. The van der Waals surface area contributed by atoms with Crippen molar-refractivity contribution in [2.24, 2.45) is 10.9 Å². The molecule has 174 valence electrons. The second kappa shape index (κ2) is 11.0. The lowest BCUT2D eigenvalue weighted by Crippen LogP contribution is -2.53. The van der Waals surface area contributed by atoms with Crippen LogP contribution in [0, 0.1) is 5.92 Å². The standard InChI is InChI=1S/C22H29N3O4S3/c1-13(2)18-20(27)29-15(6-4-5-9-30)10-14(26)7-8-17-23-16(11-31-17)19-25-22(3,12-32-19)21(28)24-18/h4,6,11,13,15,18,30H,5,7-10,12H2,1-3H3,(H,24,28)/b6-4+/t15?,18?,22-/m0/s1. The highest BCUT2D eigenvalue weighted by Gasteiger charge is 2.41. The van der Waals surface area contributed by atoms with Gasteiger partial charge in [-0.05, 0) is 31.1 Å². The summed E-state index contributed by atoms with van der Waals surface area (Å²) in [6.07, 6.45) is 4.55. The Morgan fingerprint density at radius 2 is 2.12 bits per heavy atom. The van der Waals surface area contributed by atoms with Gasteiger partial charge in [0.25, 0.3) is 0 Å². The lowest BCUT2D eigenvalue weighted by molar-refractivity contribution is -0.153. The minimum Gasteiger partial charge on any atom is -0.456 e. The summed E-state index contributed by atoms with van der Waals surface area (Å²) < 4.78 is 5.69. The van der Waals surface area contributed by atoms with Crippen molar-refractivity contribution in [2.45, 2.75) is 64.1 Å². The third-order valence-electron chi connectivity index (χ3n) is 5.27. The molecule has 7 nitrogen and oxygen atoms in total. The van der Waals surface area contributed by atoms with Crippen LogP contribution >= 0.6 is 35.7 Å². The molecule has 2 unspecified atom stereocenters. The molecule has 1 aromatic heterocycles. The van der Waals surface area contributed by atoms with Crippen LogP contribution < -0.4 is 5.32 Å². The van der Waals surface area contributed by atoms with Gasteiger partial charge >= 0.3 is 5.97 Å². The average Bonchev–Trinajstić information content (AvgIpc) is 3.37. The van der Waals surface area contributed by atoms with Crippen LogP contribution in [-0.4, -0.2) is 56.9 Å². The molecule has 3 atom stereocenters. The fourth-order valence-electron chi connectivity index (χ4n) is 3.33. The van der Waals surface area contributed by atoms with Crippen molar-refractivity contribution < 1.29 is 19.1 Å². The first-order valence-corrected chi connectivity index (χ1v) is 13.2. The summed E-state index contributed by atoms with van der Waals surface area (Å²) in [5.41, 5.74) is -0.255. The van der Waals surface area contributed by atoms with Crippen molar-refractivity contribution in [3.8, 4) is 0 Å². The maximum atomic E-state index is 13.1. The minimum atomic E-state index is -0.990. The maximum absolute atomic E-state index is 13.1. The number of carbonyl (C=O) groups excluding carboxylic acids is 3. The number of carbonyl (C=O) groups is 3. The molecule has 1 N–H and O–H groups in total. The van der Waals surface area contributed by atoms with Crippen LogP contribution in [0.4, 0.5) is 0 Å². The molecule has 0 spiro atoms. The van der Waals surface area contributed by atoms with Gasteiger partial charge in [-0.25, -0.2) is 9.78 Å². The van der Waals surface area contributed by atoms with E-state index in [2.05, 4.69) is 27.9 Å². The van der Waals surface area contributed by atoms with Crippen molar-refractivity contribution in [2.75, 3.05) is 11.5 Å². The molecule has 0 saturated heterocycles. The Labute approximate surface area is 202 Å². The van der Waals surface area contributed by atoms with Gasteiger partial charge in [0.05, 0.1) is 5.01 Å². The van der Waals surface area contributed by atoms with Crippen molar-refractivity contribution in [3.05, 3.63) is 28.2 Å². The van der Waals surface area contributed by atoms with Gasteiger partial charge in [-0.15, -0.1) is 23.1 Å². The zero-order chi connectivity index (χ0) is 23.3. The number of thiazole rings is 1.